The summed E-state index contributed by atoms with van der Waals surface area (Å²) in [7, 11) is 1.48. The number of amides is 1. The van der Waals surface area contributed by atoms with E-state index in [-0.39, 0.29) is 12.2 Å². The second kappa shape index (κ2) is 10.8. The number of carbonyl (C=O) groups excluding carboxylic acids is 1. The molecule has 9 nitrogen and oxygen atoms in total. The Balaban J connectivity index is 1.73. The maximum atomic E-state index is 12.2. The van der Waals surface area contributed by atoms with E-state index in [2.05, 4.69) is 26.5 Å². The van der Waals surface area contributed by atoms with Crippen molar-refractivity contribution < 1.29 is 24.3 Å². The van der Waals surface area contributed by atoms with Gasteiger partial charge in [-0.15, -0.1) is 0 Å². The summed E-state index contributed by atoms with van der Waals surface area (Å²) in [5, 5.41) is 25.3. The molecule has 2 N–H and O–H groups in total. The number of para-hydroxylation sites is 1. The third-order valence-electron chi connectivity index (χ3n) is 4.42. The Morgan fingerprint density at radius 1 is 1.27 bits per heavy atom. The van der Waals surface area contributed by atoms with Crippen molar-refractivity contribution in [1.82, 2.24) is 5.43 Å². The largest absolute Gasteiger partial charge is 0.502 e. The zero-order valence-electron chi connectivity index (χ0n) is 17.1. The molecule has 0 saturated carbocycles. The molecule has 0 unspecified atom stereocenters. The number of rotatable bonds is 8. The van der Waals surface area contributed by atoms with E-state index in [1.807, 2.05) is 18.2 Å². The molecule has 0 spiro atoms. The fraction of sp³-hybridized carbons (Fsp3) is 0.0909. The second-order valence-corrected chi connectivity index (χ2v) is 7.81. The van der Waals surface area contributed by atoms with E-state index in [0.717, 1.165) is 11.6 Å². The molecule has 0 aliphatic carbocycles. The van der Waals surface area contributed by atoms with Crippen LogP contribution in [0.3, 0.4) is 0 Å². The number of phenolic OH excluding ortho intramolecular Hbond substituents is 1. The summed E-state index contributed by atoms with van der Waals surface area (Å²) in [5.74, 6) is -0.668. The SMILES string of the molecule is COc1cc(/C=N\NC(=O)c2cccc([N+](=O)[O-])c2O)cc(Br)c1OCc1ccccc1Cl. The van der Waals surface area contributed by atoms with Crippen LogP contribution in [0.15, 0.2) is 64.2 Å². The smallest absolute Gasteiger partial charge is 0.311 e. The van der Waals surface area contributed by atoms with Crippen molar-refractivity contribution in [2.24, 2.45) is 5.10 Å². The molecule has 0 fully saturated rings. The zero-order chi connectivity index (χ0) is 24.0. The number of hydrogen-bond acceptors (Lipinski definition) is 7. The van der Waals surface area contributed by atoms with Crippen molar-refractivity contribution >= 4 is 45.3 Å². The van der Waals surface area contributed by atoms with Crippen LogP contribution >= 0.6 is 27.5 Å². The number of hydrogen-bond donors (Lipinski definition) is 2. The van der Waals surface area contributed by atoms with Crippen molar-refractivity contribution in [1.29, 1.82) is 0 Å². The van der Waals surface area contributed by atoms with Gasteiger partial charge in [-0.3, -0.25) is 14.9 Å². The molecule has 0 saturated heterocycles. The van der Waals surface area contributed by atoms with Gasteiger partial charge in [-0.2, -0.15) is 5.10 Å². The average Bonchev–Trinajstić information content (AvgIpc) is 2.78. The van der Waals surface area contributed by atoms with Crippen LogP contribution in [0, 0.1) is 10.1 Å². The van der Waals surface area contributed by atoms with Crippen LogP contribution in [-0.2, 0) is 6.61 Å². The molecule has 0 heterocycles. The van der Waals surface area contributed by atoms with E-state index in [4.69, 9.17) is 21.1 Å². The van der Waals surface area contributed by atoms with Crippen molar-refractivity contribution in [2.75, 3.05) is 7.11 Å². The molecule has 170 valence electrons. The molecule has 0 radical (unpaired) electrons. The number of benzene rings is 3. The minimum absolute atomic E-state index is 0.227. The van der Waals surface area contributed by atoms with Crippen LogP contribution in [0.1, 0.15) is 21.5 Å². The first-order valence-electron chi connectivity index (χ1n) is 9.35. The summed E-state index contributed by atoms with van der Waals surface area (Å²) in [6, 6.07) is 14.3. The van der Waals surface area contributed by atoms with Gasteiger partial charge in [-0.25, -0.2) is 5.43 Å². The maximum absolute atomic E-state index is 12.2. The lowest BCUT2D eigenvalue weighted by Crippen LogP contribution is -2.18. The van der Waals surface area contributed by atoms with Crippen molar-refractivity contribution in [2.45, 2.75) is 6.61 Å². The van der Waals surface area contributed by atoms with Gasteiger partial charge in [0.05, 0.1) is 28.3 Å². The van der Waals surface area contributed by atoms with Gasteiger partial charge in [0.1, 0.15) is 6.61 Å². The highest BCUT2D eigenvalue weighted by molar-refractivity contribution is 9.10. The highest BCUT2D eigenvalue weighted by Crippen LogP contribution is 2.37. The number of nitrogens with one attached hydrogen (secondary N) is 1. The van der Waals surface area contributed by atoms with Crippen LogP contribution in [0.4, 0.5) is 5.69 Å². The number of halogens is 2. The number of hydrazone groups is 1. The summed E-state index contributed by atoms with van der Waals surface area (Å²) >= 11 is 9.60. The molecule has 3 rings (SSSR count). The van der Waals surface area contributed by atoms with E-state index in [0.29, 0.717) is 26.6 Å². The first kappa shape index (κ1) is 24.0. The Morgan fingerprint density at radius 2 is 2.03 bits per heavy atom. The van der Waals surface area contributed by atoms with Gasteiger partial charge in [0.25, 0.3) is 5.91 Å². The molecule has 0 aliphatic heterocycles. The summed E-state index contributed by atoms with van der Waals surface area (Å²) in [6.07, 6.45) is 1.34. The predicted molar refractivity (Wildman–Crippen MR) is 126 cm³/mol. The molecule has 0 atom stereocenters. The molecule has 11 heteroatoms. The molecule has 33 heavy (non-hydrogen) atoms. The Morgan fingerprint density at radius 3 is 2.73 bits per heavy atom. The molecule has 0 aromatic heterocycles. The van der Waals surface area contributed by atoms with Gasteiger partial charge >= 0.3 is 5.69 Å². The Bertz CT molecular complexity index is 1230. The lowest BCUT2D eigenvalue weighted by molar-refractivity contribution is -0.385. The fourth-order valence-corrected chi connectivity index (χ4v) is 3.57. The number of methoxy groups -OCH3 is 1. The quantitative estimate of drug-likeness (QED) is 0.236. The number of nitrogens with zero attached hydrogens (tertiary/aromatic N) is 2. The predicted octanol–water partition coefficient (Wildman–Crippen LogP) is 5.07. The molecule has 0 bridgehead atoms. The van der Waals surface area contributed by atoms with Gasteiger partial charge in [-0.05, 0) is 45.8 Å². The van der Waals surface area contributed by atoms with E-state index >= 15 is 0 Å². The molecule has 3 aromatic carbocycles. The van der Waals surface area contributed by atoms with Crippen molar-refractivity contribution in [3.63, 3.8) is 0 Å². The minimum Gasteiger partial charge on any atom is -0.502 e. The summed E-state index contributed by atoms with van der Waals surface area (Å²) in [6.45, 7) is 0.227. The molecular formula is C22H17BrClN3O6. The number of carbonyl (C=O) groups is 1. The Hall–Kier alpha value is -3.63. The Kier molecular flexibility index (Phi) is 7.86. The summed E-state index contributed by atoms with van der Waals surface area (Å²) in [4.78, 5) is 22.4. The van der Waals surface area contributed by atoms with Crippen molar-refractivity contribution in [3.05, 3.63) is 90.9 Å². The number of aromatic hydroxyl groups is 1. The van der Waals surface area contributed by atoms with Crippen LogP contribution in [0.5, 0.6) is 17.2 Å². The number of nitro benzene ring substituents is 1. The van der Waals surface area contributed by atoms with Crippen LogP contribution in [-0.4, -0.2) is 29.3 Å². The van der Waals surface area contributed by atoms with Gasteiger partial charge in [-0.1, -0.05) is 35.9 Å². The normalized spacial score (nSPS) is 10.8. The first-order chi connectivity index (χ1) is 15.8. The van der Waals surface area contributed by atoms with Gasteiger partial charge in [0.15, 0.2) is 11.5 Å². The van der Waals surface area contributed by atoms with Crippen LogP contribution in [0.25, 0.3) is 0 Å². The third kappa shape index (κ3) is 5.79. The standard InChI is InChI=1S/C22H17BrClN3O6/c1-32-19-10-13(9-16(23)21(19)33-12-14-5-2-3-7-17(14)24)11-25-26-22(29)15-6-4-8-18(20(15)28)27(30)31/h2-11,28H,12H2,1H3,(H,26,29)/b25-11-. The van der Waals surface area contributed by atoms with E-state index in [9.17, 15) is 20.0 Å². The first-order valence-corrected chi connectivity index (χ1v) is 10.5. The molecule has 1 amide bonds. The van der Waals surface area contributed by atoms with E-state index in [1.54, 1.807) is 18.2 Å². The third-order valence-corrected chi connectivity index (χ3v) is 5.38. The Labute approximate surface area is 201 Å². The van der Waals surface area contributed by atoms with E-state index < -0.39 is 22.3 Å². The highest BCUT2D eigenvalue weighted by Gasteiger charge is 2.20. The van der Waals surface area contributed by atoms with Gasteiger partial charge in [0, 0.05) is 16.7 Å². The number of nitro groups is 1. The zero-order valence-corrected chi connectivity index (χ0v) is 19.5. The fourth-order valence-electron chi connectivity index (χ4n) is 2.81. The van der Waals surface area contributed by atoms with E-state index in [1.165, 1.54) is 25.5 Å². The second-order valence-electron chi connectivity index (χ2n) is 6.54. The monoisotopic (exact) mass is 533 g/mol. The highest BCUT2D eigenvalue weighted by atomic mass is 79.9. The van der Waals surface area contributed by atoms with Crippen LogP contribution in [0.2, 0.25) is 5.02 Å². The molecular weight excluding hydrogens is 518 g/mol. The van der Waals surface area contributed by atoms with Gasteiger partial charge in [0.2, 0.25) is 5.75 Å². The molecule has 0 aliphatic rings. The van der Waals surface area contributed by atoms with Crippen LogP contribution < -0.4 is 14.9 Å². The number of ether oxygens (including phenoxy) is 2. The topological polar surface area (TPSA) is 123 Å². The maximum Gasteiger partial charge on any atom is 0.311 e. The van der Waals surface area contributed by atoms with Gasteiger partial charge < -0.3 is 14.6 Å². The summed E-state index contributed by atoms with van der Waals surface area (Å²) < 4.78 is 11.9. The minimum atomic E-state index is -0.807. The number of phenols is 1. The lowest BCUT2D eigenvalue weighted by Gasteiger charge is -2.14. The lowest BCUT2D eigenvalue weighted by atomic mass is 10.1. The summed E-state index contributed by atoms with van der Waals surface area (Å²) in [5.41, 5.74) is 2.75. The van der Waals surface area contributed by atoms with Crippen molar-refractivity contribution in [3.8, 4) is 17.2 Å². The average molecular weight is 535 g/mol. The molecule has 3 aromatic rings.